The molecule has 0 fully saturated rings. The fourth-order valence-corrected chi connectivity index (χ4v) is 2.74. The van der Waals surface area contributed by atoms with Gasteiger partial charge in [-0.05, 0) is 25.2 Å². The van der Waals surface area contributed by atoms with Gasteiger partial charge in [0.25, 0.3) is 0 Å². The molecule has 0 radical (unpaired) electrons. The highest BCUT2D eigenvalue weighted by Gasteiger charge is 2.31. The summed E-state index contributed by atoms with van der Waals surface area (Å²) in [4.78, 5) is 11.3. The lowest BCUT2D eigenvalue weighted by atomic mass is 9.72. The lowest BCUT2D eigenvalue weighted by Crippen LogP contribution is -2.29. The van der Waals surface area contributed by atoms with E-state index in [9.17, 15) is 4.79 Å². The molecule has 0 spiro atoms. The number of ketones is 1. The zero-order valence-corrected chi connectivity index (χ0v) is 11.0. The van der Waals surface area contributed by atoms with Crippen molar-refractivity contribution in [1.82, 2.24) is 0 Å². The number of Topliss-reactive ketones (excluding diaryl/α,β-unsaturated/α-hetero) is 1. The van der Waals surface area contributed by atoms with Gasteiger partial charge in [-0.25, -0.2) is 0 Å². The Kier molecular flexibility index (Phi) is 4.64. The molecule has 0 aromatic carbocycles. The van der Waals surface area contributed by atoms with Gasteiger partial charge < -0.3 is 0 Å². The van der Waals surface area contributed by atoms with E-state index in [2.05, 4.69) is 29.8 Å². The molecule has 0 heterocycles. The van der Waals surface area contributed by atoms with Crippen molar-refractivity contribution in [3.63, 3.8) is 0 Å². The zero-order chi connectivity index (χ0) is 10.7. The zero-order valence-electron chi connectivity index (χ0n) is 9.41. The monoisotopic (exact) mass is 248 g/mol. The van der Waals surface area contributed by atoms with Crippen molar-refractivity contribution in [3.8, 4) is 0 Å². The predicted octanol–water partition coefficient (Wildman–Crippen LogP) is 3.80. The quantitative estimate of drug-likeness (QED) is 0.677. The first-order valence-corrected chi connectivity index (χ1v) is 5.90. The average molecular weight is 249 g/mol. The predicted molar refractivity (Wildman–Crippen MR) is 61.3 cm³/mol. The maximum atomic E-state index is 11.3. The van der Waals surface area contributed by atoms with Gasteiger partial charge in [0.2, 0.25) is 0 Å². The maximum Gasteiger partial charge on any atom is 0.135 e. The molecule has 0 bridgehead atoms. The first-order valence-electron chi connectivity index (χ1n) is 4.78. The van der Waals surface area contributed by atoms with Crippen molar-refractivity contribution in [2.24, 2.45) is 10.8 Å². The van der Waals surface area contributed by atoms with E-state index in [4.69, 9.17) is 0 Å². The number of alkyl halides is 1. The Morgan fingerprint density at radius 2 is 1.69 bits per heavy atom. The van der Waals surface area contributed by atoms with Crippen LogP contribution in [-0.4, -0.2) is 11.1 Å². The summed E-state index contributed by atoms with van der Waals surface area (Å²) in [5.41, 5.74) is 0.0737. The first-order chi connectivity index (χ1) is 5.71. The van der Waals surface area contributed by atoms with Crippen LogP contribution in [0.25, 0.3) is 0 Å². The van der Waals surface area contributed by atoms with Gasteiger partial charge in [0.15, 0.2) is 0 Å². The van der Waals surface area contributed by atoms with Crippen LogP contribution in [-0.2, 0) is 4.79 Å². The van der Waals surface area contributed by atoms with Crippen LogP contribution in [0.5, 0.6) is 0 Å². The van der Waals surface area contributed by atoms with Crippen LogP contribution >= 0.6 is 15.9 Å². The highest BCUT2D eigenvalue weighted by atomic mass is 79.9. The minimum Gasteiger partial charge on any atom is -0.299 e. The van der Waals surface area contributed by atoms with Gasteiger partial charge in [-0.3, -0.25) is 4.79 Å². The standard InChI is InChI=1S/C11H21BrO/c1-9(13)11(4,5)8-10(2,3)6-7-12/h6-8H2,1-5H3. The van der Waals surface area contributed by atoms with Crippen LogP contribution in [0.3, 0.4) is 0 Å². The second-order valence-corrected chi connectivity index (χ2v) is 6.01. The summed E-state index contributed by atoms with van der Waals surface area (Å²) in [5, 5.41) is 1.01. The molecular formula is C11H21BrO. The van der Waals surface area contributed by atoms with Crippen LogP contribution < -0.4 is 0 Å². The van der Waals surface area contributed by atoms with Gasteiger partial charge >= 0.3 is 0 Å². The lowest BCUT2D eigenvalue weighted by Gasteiger charge is -2.32. The lowest BCUT2D eigenvalue weighted by molar-refractivity contribution is -0.126. The third-order valence-corrected chi connectivity index (χ3v) is 3.04. The number of hydrogen-bond acceptors (Lipinski definition) is 1. The fraction of sp³-hybridized carbons (Fsp3) is 0.909. The number of halogens is 1. The molecule has 1 nitrogen and oxygen atoms in total. The molecule has 0 amide bonds. The van der Waals surface area contributed by atoms with Crippen molar-refractivity contribution in [3.05, 3.63) is 0 Å². The molecule has 78 valence electrons. The Bertz CT molecular complexity index is 183. The highest BCUT2D eigenvalue weighted by molar-refractivity contribution is 9.09. The summed E-state index contributed by atoms with van der Waals surface area (Å²) < 4.78 is 0. The summed E-state index contributed by atoms with van der Waals surface area (Å²) >= 11 is 3.44. The molecule has 0 aliphatic carbocycles. The van der Waals surface area contributed by atoms with Crippen molar-refractivity contribution in [1.29, 1.82) is 0 Å². The smallest absolute Gasteiger partial charge is 0.135 e. The van der Waals surface area contributed by atoms with Gasteiger partial charge in [0, 0.05) is 10.7 Å². The van der Waals surface area contributed by atoms with Crippen molar-refractivity contribution in [2.75, 3.05) is 5.33 Å². The van der Waals surface area contributed by atoms with E-state index in [1.54, 1.807) is 6.92 Å². The van der Waals surface area contributed by atoms with Crippen LogP contribution in [0.4, 0.5) is 0 Å². The highest BCUT2D eigenvalue weighted by Crippen LogP contribution is 2.36. The first kappa shape index (κ1) is 13.2. The Morgan fingerprint density at radius 3 is 2.00 bits per heavy atom. The molecule has 0 aromatic heterocycles. The van der Waals surface area contributed by atoms with Gasteiger partial charge in [-0.2, -0.15) is 0 Å². The van der Waals surface area contributed by atoms with E-state index < -0.39 is 0 Å². The van der Waals surface area contributed by atoms with Gasteiger partial charge in [-0.1, -0.05) is 43.6 Å². The van der Waals surface area contributed by atoms with Gasteiger partial charge in [0.1, 0.15) is 5.78 Å². The Labute approximate surface area is 90.4 Å². The summed E-state index contributed by atoms with van der Waals surface area (Å²) in [6.45, 7) is 10.2. The number of carbonyl (C=O) groups excluding carboxylic acids is 1. The molecule has 0 aromatic rings. The molecule has 2 heteroatoms. The Balaban J connectivity index is 4.33. The maximum absolute atomic E-state index is 11.3. The molecule has 13 heavy (non-hydrogen) atoms. The van der Waals surface area contributed by atoms with E-state index in [1.165, 1.54) is 0 Å². The molecule has 0 saturated carbocycles. The van der Waals surface area contributed by atoms with E-state index in [0.29, 0.717) is 0 Å². The minimum atomic E-state index is -0.175. The van der Waals surface area contributed by atoms with E-state index in [1.807, 2.05) is 13.8 Å². The molecular weight excluding hydrogens is 228 g/mol. The average Bonchev–Trinajstić information content (AvgIpc) is 1.83. The van der Waals surface area contributed by atoms with E-state index in [0.717, 1.165) is 18.2 Å². The summed E-state index contributed by atoms with van der Waals surface area (Å²) in [6.07, 6.45) is 2.07. The molecule has 0 aliphatic rings. The van der Waals surface area contributed by atoms with E-state index >= 15 is 0 Å². The topological polar surface area (TPSA) is 17.1 Å². The molecule has 0 N–H and O–H groups in total. The van der Waals surface area contributed by atoms with Crippen LogP contribution in [0.1, 0.15) is 47.5 Å². The minimum absolute atomic E-state index is 0.175. The molecule has 0 atom stereocenters. The van der Waals surface area contributed by atoms with Gasteiger partial charge in [0.05, 0.1) is 0 Å². The largest absolute Gasteiger partial charge is 0.299 e. The van der Waals surface area contributed by atoms with Crippen LogP contribution in [0, 0.1) is 10.8 Å². The summed E-state index contributed by atoms with van der Waals surface area (Å²) in [5.74, 6) is 0.287. The van der Waals surface area contributed by atoms with E-state index in [-0.39, 0.29) is 16.6 Å². The molecule has 0 rings (SSSR count). The summed E-state index contributed by atoms with van der Waals surface area (Å²) in [6, 6.07) is 0. The number of hydrogen-bond donors (Lipinski definition) is 0. The Morgan fingerprint density at radius 1 is 1.23 bits per heavy atom. The molecule has 0 aliphatic heterocycles. The Hall–Kier alpha value is 0.150. The SMILES string of the molecule is CC(=O)C(C)(C)CC(C)(C)CCBr. The molecule has 0 unspecified atom stereocenters. The fourth-order valence-electron chi connectivity index (χ4n) is 1.67. The second kappa shape index (κ2) is 4.59. The van der Waals surface area contributed by atoms with Crippen molar-refractivity contribution < 1.29 is 4.79 Å². The second-order valence-electron chi connectivity index (χ2n) is 5.22. The third-order valence-electron chi connectivity index (χ3n) is 2.64. The third kappa shape index (κ3) is 4.80. The normalized spacial score (nSPS) is 13.1. The van der Waals surface area contributed by atoms with Crippen molar-refractivity contribution in [2.45, 2.75) is 47.5 Å². The van der Waals surface area contributed by atoms with Gasteiger partial charge in [-0.15, -0.1) is 0 Å². The summed E-state index contributed by atoms with van der Waals surface area (Å²) in [7, 11) is 0. The number of carbonyl (C=O) groups is 1. The number of rotatable bonds is 5. The molecule has 0 saturated heterocycles. The van der Waals surface area contributed by atoms with Crippen LogP contribution in [0.2, 0.25) is 0 Å². The van der Waals surface area contributed by atoms with Crippen LogP contribution in [0.15, 0.2) is 0 Å². The van der Waals surface area contributed by atoms with Crippen molar-refractivity contribution >= 4 is 21.7 Å².